The van der Waals surface area contributed by atoms with E-state index in [-0.39, 0.29) is 24.4 Å². The first-order valence-corrected chi connectivity index (χ1v) is 11.7. The summed E-state index contributed by atoms with van der Waals surface area (Å²) in [5, 5.41) is 9.80. The molecule has 2 aliphatic rings. The molecule has 176 valence electrons. The van der Waals surface area contributed by atoms with E-state index >= 15 is 0 Å². The lowest BCUT2D eigenvalue weighted by Gasteiger charge is -2.29. The maximum absolute atomic E-state index is 13.0. The molecule has 0 spiro atoms. The van der Waals surface area contributed by atoms with Crippen molar-refractivity contribution in [3.05, 3.63) is 75.7 Å². The number of hydrazone groups is 1. The Hall–Kier alpha value is -3.77. The van der Waals surface area contributed by atoms with Crippen LogP contribution >= 0.6 is 0 Å². The summed E-state index contributed by atoms with van der Waals surface area (Å²) in [6.45, 7) is 4.87. The van der Waals surface area contributed by atoms with E-state index in [1.165, 1.54) is 5.01 Å². The summed E-state index contributed by atoms with van der Waals surface area (Å²) >= 11 is 0. The van der Waals surface area contributed by atoms with E-state index in [1.807, 2.05) is 62.4 Å². The number of azide groups is 1. The summed E-state index contributed by atoms with van der Waals surface area (Å²) in [5.41, 5.74) is 12.8. The van der Waals surface area contributed by atoms with E-state index in [2.05, 4.69) is 16.1 Å². The van der Waals surface area contributed by atoms with Crippen LogP contribution in [0.15, 0.2) is 64.3 Å². The Morgan fingerprint density at radius 1 is 1.12 bits per heavy atom. The molecule has 1 heterocycles. The number of allylic oxidation sites excluding steroid dienone is 1. The monoisotopic (exact) mass is 459 g/mol. The third kappa shape index (κ3) is 5.07. The lowest BCUT2D eigenvalue weighted by atomic mass is 9.77. The van der Waals surface area contributed by atoms with Crippen molar-refractivity contribution in [1.82, 2.24) is 5.01 Å². The second-order valence-corrected chi connectivity index (χ2v) is 8.23. The summed E-state index contributed by atoms with van der Waals surface area (Å²) < 4.78 is 11.1. The molecule has 0 unspecified atom stereocenters. The van der Waals surface area contributed by atoms with E-state index in [4.69, 9.17) is 20.1 Å². The summed E-state index contributed by atoms with van der Waals surface area (Å²) in [6, 6.07) is 15.6. The fourth-order valence-corrected chi connectivity index (χ4v) is 4.66. The molecule has 1 amide bonds. The predicted octanol–water partition coefficient (Wildman–Crippen LogP) is 5.92. The van der Waals surface area contributed by atoms with Crippen LogP contribution in [-0.2, 0) is 4.79 Å². The number of nitrogens with zero attached hydrogens (tertiary/aromatic N) is 5. The van der Waals surface area contributed by atoms with Gasteiger partial charge in [0.25, 0.3) is 0 Å². The van der Waals surface area contributed by atoms with Crippen LogP contribution in [0.3, 0.4) is 0 Å². The van der Waals surface area contributed by atoms with Crippen LogP contribution in [0.5, 0.6) is 11.5 Å². The average molecular weight is 460 g/mol. The minimum Gasteiger partial charge on any atom is -0.494 e. The second-order valence-electron chi connectivity index (χ2n) is 8.23. The first kappa shape index (κ1) is 23.4. The smallest absolute Gasteiger partial charge is 0.249 e. The summed E-state index contributed by atoms with van der Waals surface area (Å²) in [7, 11) is 0. The van der Waals surface area contributed by atoms with Gasteiger partial charge in [0.1, 0.15) is 18.0 Å². The third-order valence-electron chi connectivity index (χ3n) is 6.09. The van der Waals surface area contributed by atoms with Gasteiger partial charge in [-0.25, -0.2) is 5.01 Å². The van der Waals surface area contributed by atoms with Crippen molar-refractivity contribution in [3.8, 4) is 11.5 Å². The molecule has 1 aliphatic carbocycles. The average Bonchev–Trinajstić information content (AvgIpc) is 3.25. The van der Waals surface area contributed by atoms with Gasteiger partial charge in [0.15, 0.2) is 0 Å². The third-order valence-corrected chi connectivity index (χ3v) is 6.09. The number of ether oxygens (including phenoxy) is 2. The highest BCUT2D eigenvalue weighted by molar-refractivity contribution is 6.08. The van der Waals surface area contributed by atoms with Crippen molar-refractivity contribution in [2.24, 2.45) is 16.1 Å². The van der Waals surface area contributed by atoms with Gasteiger partial charge in [-0.3, -0.25) is 4.79 Å². The summed E-state index contributed by atoms with van der Waals surface area (Å²) in [6.07, 6.45) is 5.00. The molecular weight excluding hydrogens is 430 g/mol. The lowest BCUT2D eigenvalue weighted by Crippen LogP contribution is -2.33. The maximum Gasteiger partial charge on any atom is 0.249 e. The van der Waals surface area contributed by atoms with Crippen LogP contribution < -0.4 is 9.47 Å². The quantitative estimate of drug-likeness (QED) is 0.278. The fraction of sp³-hybridized carbons (Fsp3) is 0.385. The molecule has 4 rings (SSSR count). The maximum atomic E-state index is 13.0. The van der Waals surface area contributed by atoms with E-state index in [9.17, 15) is 4.79 Å². The Morgan fingerprint density at radius 3 is 2.38 bits per heavy atom. The number of benzene rings is 2. The molecule has 0 bridgehead atoms. The predicted molar refractivity (Wildman–Crippen MR) is 132 cm³/mol. The molecule has 0 radical (unpaired) electrons. The number of rotatable bonds is 8. The van der Waals surface area contributed by atoms with E-state index < -0.39 is 0 Å². The van der Waals surface area contributed by atoms with Crippen molar-refractivity contribution in [2.45, 2.75) is 39.2 Å². The van der Waals surface area contributed by atoms with Crippen LogP contribution in [-0.4, -0.2) is 36.4 Å². The Labute approximate surface area is 199 Å². The highest BCUT2D eigenvalue weighted by atomic mass is 16.5. The van der Waals surface area contributed by atoms with Gasteiger partial charge >= 0.3 is 0 Å². The van der Waals surface area contributed by atoms with Gasteiger partial charge in [-0.1, -0.05) is 29.4 Å². The van der Waals surface area contributed by atoms with Crippen molar-refractivity contribution < 1.29 is 14.3 Å². The number of carbonyl (C=O) groups excluding carboxylic acids is 1. The van der Waals surface area contributed by atoms with Gasteiger partial charge in [-0.2, -0.15) is 5.10 Å². The molecule has 1 fully saturated rings. The molecule has 0 N–H and O–H groups in total. The highest BCUT2D eigenvalue weighted by Gasteiger charge is 2.43. The van der Waals surface area contributed by atoms with Crippen LogP contribution in [0.4, 0.5) is 0 Å². The van der Waals surface area contributed by atoms with E-state index in [0.29, 0.717) is 13.2 Å². The minimum atomic E-state index is -0.306. The van der Waals surface area contributed by atoms with Crippen molar-refractivity contribution in [2.75, 3.05) is 19.8 Å². The fourth-order valence-electron chi connectivity index (χ4n) is 4.66. The van der Waals surface area contributed by atoms with Gasteiger partial charge in [0, 0.05) is 10.8 Å². The largest absolute Gasteiger partial charge is 0.494 e. The van der Waals surface area contributed by atoms with Crippen LogP contribution in [0.2, 0.25) is 0 Å². The number of hydrogen-bond donors (Lipinski definition) is 0. The lowest BCUT2D eigenvalue weighted by molar-refractivity contribution is -0.132. The summed E-state index contributed by atoms with van der Waals surface area (Å²) in [5.74, 6) is 1.40. The van der Waals surface area contributed by atoms with Gasteiger partial charge < -0.3 is 9.47 Å². The number of amides is 1. The normalized spacial score (nSPS) is 20.4. The molecule has 8 heteroatoms. The molecule has 0 saturated heterocycles. The Morgan fingerprint density at radius 2 is 1.76 bits per heavy atom. The van der Waals surface area contributed by atoms with Gasteiger partial charge in [-0.15, -0.1) is 0 Å². The molecule has 2 aromatic rings. The minimum absolute atomic E-state index is 0.0793. The van der Waals surface area contributed by atoms with Crippen LogP contribution in [0, 0.1) is 5.92 Å². The van der Waals surface area contributed by atoms with Crippen molar-refractivity contribution in [1.29, 1.82) is 0 Å². The SMILES string of the molecule is CCOc1ccc(/C=C2/CCC[C@@H]3C2=NN(C(=O)CN=[N+]=[N-])[C@@H]3c2ccc(OCC)cc2)cc1. The number of hydrogen-bond acceptors (Lipinski definition) is 5. The van der Waals surface area contributed by atoms with Crippen LogP contribution in [0.1, 0.15) is 50.3 Å². The van der Waals surface area contributed by atoms with Crippen molar-refractivity contribution in [3.63, 3.8) is 0 Å². The van der Waals surface area contributed by atoms with E-state index in [0.717, 1.165) is 53.2 Å². The molecule has 2 atom stereocenters. The Kier molecular flexibility index (Phi) is 7.50. The zero-order valence-corrected chi connectivity index (χ0v) is 19.6. The van der Waals surface area contributed by atoms with Crippen molar-refractivity contribution >= 4 is 17.7 Å². The zero-order chi connectivity index (χ0) is 23.9. The Balaban J connectivity index is 1.67. The topological polar surface area (TPSA) is 99.9 Å². The molecule has 2 aromatic carbocycles. The second kappa shape index (κ2) is 10.9. The standard InChI is InChI=1S/C26H29N5O3/c1-3-33-21-12-8-18(9-13-21)16-20-6-5-7-23-25(20)29-31(24(32)17-28-30-27)26(23)19-10-14-22(15-11-19)34-4-2/h8-16,23,26H,3-7,17H2,1-2H3/b20-16-/t23-,26-/m1/s1. The molecular formula is C26H29N5O3. The van der Waals surface area contributed by atoms with Gasteiger partial charge in [-0.05, 0) is 85.7 Å². The zero-order valence-electron chi connectivity index (χ0n) is 19.6. The molecule has 34 heavy (non-hydrogen) atoms. The van der Waals surface area contributed by atoms with E-state index in [1.54, 1.807) is 0 Å². The molecule has 0 aromatic heterocycles. The van der Waals surface area contributed by atoms with Gasteiger partial charge in [0.2, 0.25) is 5.91 Å². The highest BCUT2D eigenvalue weighted by Crippen LogP contribution is 2.44. The van der Waals surface area contributed by atoms with Gasteiger partial charge in [0.05, 0.1) is 25.0 Å². The summed E-state index contributed by atoms with van der Waals surface area (Å²) in [4.78, 5) is 15.7. The molecule has 8 nitrogen and oxygen atoms in total. The number of carbonyl (C=O) groups is 1. The van der Waals surface area contributed by atoms with Crippen LogP contribution in [0.25, 0.3) is 16.5 Å². The Bertz CT molecular complexity index is 1120. The molecule has 1 saturated carbocycles. The number of fused-ring (bicyclic) bond motifs is 1. The molecule has 1 aliphatic heterocycles. The first-order valence-electron chi connectivity index (χ1n) is 11.7. The first-order chi connectivity index (χ1) is 16.6.